The Morgan fingerprint density at radius 1 is 1.15 bits per heavy atom. The Morgan fingerprint density at radius 3 is 2.63 bits per heavy atom. The molecule has 2 aromatic heterocycles. The number of aromatic nitrogens is 2. The van der Waals surface area contributed by atoms with Crippen LogP contribution in [0.4, 0.5) is 21.7 Å². The molecule has 0 spiro atoms. The van der Waals surface area contributed by atoms with Gasteiger partial charge in [0, 0.05) is 25.7 Å². The molecule has 3 rings (SSSR count). The van der Waals surface area contributed by atoms with Gasteiger partial charge >= 0.3 is 10.2 Å². The Bertz CT molecular complexity index is 1090. The van der Waals surface area contributed by atoms with Crippen LogP contribution in [0.3, 0.4) is 0 Å². The van der Waals surface area contributed by atoms with Crippen molar-refractivity contribution in [3.05, 3.63) is 53.2 Å². The van der Waals surface area contributed by atoms with E-state index in [4.69, 9.17) is 11.6 Å². The maximum Gasteiger partial charge on any atom is 0.301 e. The molecule has 0 radical (unpaired) electrons. The van der Waals surface area contributed by atoms with Gasteiger partial charge in [-0.05, 0) is 42.0 Å². The van der Waals surface area contributed by atoms with E-state index in [0.717, 1.165) is 4.31 Å². The quantitative estimate of drug-likeness (QED) is 0.648. The van der Waals surface area contributed by atoms with E-state index in [2.05, 4.69) is 20.0 Å². The van der Waals surface area contributed by atoms with Crippen LogP contribution in [-0.2, 0) is 16.9 Å². The van der Waals surface area contributed by atoms with Crippen LogP contribution in [0.5, 0.6) is 0 Å². The number of fused-ring (bicyclic) bond motifs is 1. The van der Waals surface area contributed by atoms with Crippen LogP contribution in [0.2, 0.25) is 5.02 Å². The number of alkyl halides is 1. The van der Waals surface area contributed by atoms with Gasteiger partial charge in [0.1, 0.15) is 18.3 Å². The molecule has 1 aromatic carbocycles. The van der Waals surface area contributed by atoms with Gasteiger partial charge in [-0.2, -0.15) is 12.7 Å². The fraction of sp³-hybridized carbons (Fsp3) is 0.176. The molecule has 0 aliphatic carbocycles. The molecule has 0 saturated heterocycles. The van der Waals surface area contributed by atoms with Crippen molar-refractivity contribution in [1.82, 2.24) is 14.3 Å². The highest BCUT2D eigenvalue weighted by Gasteiger charge is 2.16. The van der Waals surface area contributed by atoms with Crippen LogP contribution in [0.1, 0.15) is 5.56 Å². The maximum atomic E-state index is 12.8. The maximum absolute atomic E-state index is 12.8. The van der Waals surface area contributed by atoms with Crippen LogP contribution in [-0.4, -0.2) is 36.8 Å². The Hall–Kier alpha value is -2.49. The normalized spacial score (nSPS) is 11.7. The predicted molar refractivity (Wildman–Crippen MR) is 105 cm³/mol. The molecule has 3 aromatic rings. The number of benzene rings is 1. The van der Waals surface area contributed by atoms with Gasteiger partial charge in [-0.25, -0.2) is 14.4 Å². The number of nitrogens with zero attached hydrogens (tertiary/aromatic N) is 3. The lowest BCUT2D eigenvalue weighted by Crippen LogP contribution is -2.29. The number of hydrogen-bond donors (Lipinski definition) is 2. The summed E-state index contributed by atoms with van der Waals surface area (Å²) >= 11 is 6.24. The molecule has 0 fully saturated rings. The van der Waals surface area contributed by atoms with E-state index >= 15 is 0 Å². The average Bonchev–Trinajstić information content (AvgIpc) is 2.64. The Morgan fingerprint density at radius 2 is 1.93 bits per heavy atom. The molecular formula is C17H17ClFN5O2S. The molecule has 0 unspecified atom stereocenters. The molecule has 7 nitrogen and oxygen atoms in total. The van der Waals surface area contributed by atoms with E-state index in [1.165, 1.54) is 20.3 Å². The van der Waals surface area contributed by atoms with Crippen LogP contribution in [0, 0.1) is 0 Å². The first-order valence-electron chi connectivity index (χ1n) is 7.87. The Balaban J connectivity index is 1.99. The molecule has 0 aliphatic heterocycles. The zero-order valence-electron chi connectivity index (χ0n) is 14.6. The average molecular weight is 410 g/mol. The van der Waals surface area contributed by atoms with Crippen molar-refractivity contribution in [2.24, 2.45) is 0 Å². The van der Waals surface area contributed by atoms with Crippen LogP contribution in [0.25, 0.3) is 10.9 Å². The summed E-state index contributed by atoms with van der Waals surface area (Å²) in [6.07, 6.45) is 1.50. The lowest BCUT2D eigenvalue weighted by molar-refractivity contribution is 0.485. The first-order chi connectivity index (χ1) is 12.8. The summed E-state index contributed by atoms with van der Waals surface area (Å²) in [4.78, 5) is 8.56. The van der Waals surface area contributed by atoms with E-state index in [0.29, 0.717) is 38.8 Å². The van der Waals surface area contributed by atoms with Gasteiger partial charge in [0.15, 0.2) is 0 Å². The lowest BCUT2D eigenvalue weighted by Gasteiger charge is -2.15. The fourth-order valence-electron chi connectivity index (χ4n) is 2.33. The summed E-state index contributed by atoms with van der Waals surface area (Å²) in [7, 11) is -0.811. The van der Waals surface area contributed by atoms with Gasteiger partial charge in [-0.15, -0.1) is 0 Å². The van der Waals surface area contributed by atoms with Crippen LogP contribution in [0.15, 0.2) is 42.6 Å². The Labute approximate surface area is 161 Å². The second kappa shape index (κ2) is 7.63. The third-order valence-corrected chi connectivity index (χ3v) is 5.51. The number of nitrogens with one attached hydrogen (secondary N) is 2. The third kappa shape index (κ3) is 4.26. The second-order valence-corrected chi connectivity index (χ2v) is 8.18. The minimum atomic E-state index is -3.67. The SMILES string of the molecule is CN(C)S(=O)(=O)Nc1ccc(Cl)c2nc(Nc3cc(CF)ccn3)ccc12. The molecular weight excluding hydrogens is 393 g/mol. The predicted octanol–water partition coefficient (Wildman–Crippen LogP) is 3.71. The molecule has 10 heteroatoms. The van der Waals surface area contributed by atoms with Crippen molar-refractivity contribution < 1.29 is 12.8 Å². The van der Waals surface area contributed by atoms with Crippen LogP contribution >= 0.6 is 11.6 Å². The summed E-state index contributed by atoms with van der Waals surface area (Å²) in [5.74, 6) is 0.887. The first kappa shape index (κ1) is 19.3. The van der Waals surface area contributed by atoms with Gasteiger partial charge in [0.05, 0.1) is 16.2 Å². The van der Waals surface area contributed by atoms with Crippen molar-refractivity contribution in [3.8, 4) is 0 Å². The molecule has 0 bridgehead atoms. The highest BCUT2D eigenvalue weighted by atomic mass is 35.5. The molecule has 0 amide bonds. The number of anilines is 3. The number of hydrogen-bond acceptors (Lipinski definition) is 5. The minimum Gasteiger partial charge on any atom is -0.325 e. The van der Waals surface area contributed by atoms with E-state index < -0.39 is 16.9 Å². The van der Waals surface area contributed by atoms with Crippen molar-refractivity contribution >= 4 is 50.0 Å². The van der Waals surface area contributed by atoms with Gasteiger partial charge < -0.3 is 5.32 Å². The summed E-state index contributed by atoms with van der Waals surface area (Å²) in [6, 6.07) is 9.66. The summed E-state index contributed by atoms with van der Waals surface area (Å²) in [5.41, 5.74) is 1.27. The molecule has 2 heterocycles. The summed E-state index contributed by atoms with van der Waals surface area (Å²) < 4.78 is 40.6. The minimum absolute atomic E-state index is 0.361. The monoisotopic (exact) mass is 409 g/mol. The smallest absolute Gasteiger partial charge is 0.301 e. The van der Waals surface area contributed by atoms with Gasteiger partial charge in [-0.3, -0.25) is 4.72 Å². The van der Waals surface area contributed by atoms with Crippen molar-refractivity contribution in [2.45, 2.75) is 6.67 Å². The van der Waals surface area contributed by atoms with E-state index in [9.17, 15) is 12.8 Å². The Kier molecular flexibility index (Phi) is 5.45. The fourth-order valence-corrected chi connectivity index (χ4v) is 3.18. The molecule has 142 valence electrons. The molecule has 27 heavy (non-hydrogen) atoms. The molecule has 0 aliphatic rings. The van der Waals surface area contributed by atoms with E-state index in [1.54, 1.807) is 36.4 Å². The lowest BCUT2D eigenvalue weighted by atomic mass is 10.2. The zero-order valence-corrected chi connectivity index (χ0v) is 16.1. The largest absolute Gasteiger partial charge is 0.325 e. The standard InChI is InChI=1S/C17H17ClFN5O2S/c1-24(2)27(25,26)23-14-5-4-13(18)17-12(14)3-6-15(22-17)21-16-9-11(10-19)7-8-20-16/h3-9,23H,10H2,1-2H3,(H,20,21,22). The number of halogens is 2. The zero-order chi connectivity index (χ0) is 19.6. The summed E-state index contributed by atoms with van der Waals surface area (Å²) in [5, 5.41) is 3.90. The van der Waals surface area contributed by atoms with Crippen LogP contribution < -0.4 is 10.0 Å². The molecule has 2 N–H and O–H groups in total. The number of pyridine rings is 2. The van der Waals surface area contributed by atoms with Crippen molar-refractivity contribution in [2.75, 3.05) is 24.1 Å². The third-order valence-electron chi connectivity index (χ3n) is 3.76. The highest BCUT2D eigenvalue weighted by Crippen LogP contribution is 2.31. The molecule has 0 atom stereocenters. The van der Waals surface area contributed by atoms with Crippen molar-refractivity contribution in [1.29, 1.82) is 0 Å². The molecule has 0 saturated carbocycles. The summed E-state index contributed by atoms with van der Waals surface area (Å²) in [6.45, 7) is -0.594. The van der Waals surface area contributed by atoms with Crippen molar-refractivity contribution in [3.63, 3.8) is 0 Å². The van der Waals surface area contributed by atoms with Gasteiger partial charge in [0.25, 0.3) is 0 Å². The highest BCUT2D eigenvalue weighted by molar-refractivity contribution is 7.90. The van der Waals surface area contributed by atoms with Gasteiger partial charge in [-0.1, -0.05) is 11.6 Å². The van der Waals surface area contributed by atoms with E-state index in [1.807, 2.05) is 0 Å². The number of rotatable bonds is 6. The van der Waals surface area contributed by atoms with Gasteiger partial charge in [0.2, 0.25) is 0 Å². The first-order valence-corrected chi connectivity index (χ1v) is 9.69. The second-order valence-electron chi connectivity index (χ2n) is 5.89. The van der Waals surface area contributed by atoms with E-state index in [-0.39, 0.29) is 0 Å². The topological polar surface area (TPSA) is 87.2 Å².